The number of nitrogens with zero attached hydrogens (tertiary/aromatic N) is 2. The van der Waals surface area contributed by atoms with Gasteiger partial charge in [0.1, 0.15) is 0 Å². The van der Waals surface area contributed by atoms with Gasteiger partial charge in [0.05, 0.1) is 24.3 Å². The molecule has 2 aromatic rings. The molecule has 0 saturated carbocycles. The highest BCUT2D eigenvalue weighted by Crippen LogP contribution is 2.30. The maximum Gasteiger partial charge on any atom is 0.262 e. The molecular formula is C24H27N3O4. The Labute approximate surface area is 182 Å². The SMILES string of the molecule is CC(C)(C)N1C(=O)c2ccc(C(=O)Nc3ccc(CN4CCOCC4)cc3)cc2C1=O. The molecule has 1 N–H and O–H groups in total. The van der Waals surface area contributed by atoms with E-state index in [0.717, 1.165) is 32.8 Å². The van der Waals surface area contributed by atoms with Crippen LogP contribution >= 0.6 is 0 Å². The largest absolute Gasteiger partial charge is 0.379 e. The summed E-state index contributed by atoms with van der Waals surface area (Å²) in [4.78, 5) is 41.7. The van der Waals surface area contributed by atoms with Crippen molar-refractivity contribution in [3.8, 4) is 0 Å². The Balaban J connectivity index is 1.45. The van der Waals surface area contributed by atoms with E-state index in [4.69, 9.17) is 4.74 Å². The fraction of sp³-hybridized carbons (Fsp3) is 0.375. The Morgan fingerprint density at radius 2 is 1.61 bits per heavy atom. The summed E-state index contributed by atoms with van der Waals surface area (Å²) >= 11 is 0. The molecule has 0 unspecified atom stereocenters. The lowest BCUT2D eigenvalue weighted by atomic mass is 10.1. The molecule has 0 aliphatic carbocycles. The second-order valence-electron chi connectivity index (χ2n) is 8.92. The lowest BCUT2D eigenvalue weighted by molar-refractivity contribution is 0.0342. The highest BCUT2D eigenvalue weighted by atomic mass is 16.5. The van der Waals surface area contributed by atoms with E-state index in [0.29, 0.717) is 16.8 Å². The maximum atomic E-state index is 12.7. The van der Waals surface area contributed by atoms with Crippen LogP contribution in [0, 0.1) is 0 Å². The molecule has 2 aliphatic rings. The summed E-state index contributed by atoms with van der Waals surface area (Å²) < 4.78 is 5.37. The van der Waals surface area contributed by atoms with Crippen molar-refractivity contribution < 1.29 is 19.1 Å². The fourth-order valence-electron chi connectivity index (χ4n) is 3.91. The maximum absolute atomic E-state index is 12.7. The van der Waals surface area contributed by atoms with Gasteiger partial charge in [-0.2, -0.15) is 0 Å². The van der Waals surface area contributed by atoms with E-state index in [-0.39, 0.29) is 23.3 Å². The van der Waals surface area contributed by atoms with Gasteiger partial charge in [-0.1, -0.05) is 12.1 Å². The summed E-state index contributed by atoms with van der Waals surface area (Å²) in [6, 6.07) is 12.4. The van der Waals surface area contributed by atoms with Gasteiger partial charge in [-0.3, -0.25) is 24.2 Å². The molecule has 4 rings (SSSR count). The van der Waals surface area contributed by atoms with Crippen LogP contribution in [0.4, 0.5) is 5.69 Å². The molecule has 2 aliphatic heterocycles. The first-order valence-corrected chi connectivity index (χ1v) is 10.5. The molecule has 162 valence electrons. The standard InChI is InChI=1S/C24H27N3O4/c1-24(2,3)27-22(29)19-9-6-17(14-20(19)23(27)30)21(28)25-18-7-4-16(5-8-18)15-26-10-12-31-13-11-26/h4-9,14H,10-13,15H2,1-3H3,(H,25,28). The molecule has 0 aromatic heterocycles. The van der Waals surface area contributed by atoms with E-state index in [1.165, 1.54) is 16.5 Å². The lowest BCUT2D eigenvalue weighted by Gasteiger charge is -2.29. The van der Waals surface area contributed by atoms with E-state index in [9.17, 15) is 14.4 Å². The van der Waals surface area contributed by atoms with Gasteiger partial charge < -0.3 is 10.1 Å². The van der Waals surface area contributed by atoms with E-state index < -0.39 is 5.54 Å². The summed E-state index contributed by atoms with van der Waals surface area (Å²) in [6.45, 7) is 9.65. The van der Waals surface area contributed by atoms with Crippen LogP contribution in [0.25, 0.3) is 0 Å². The number of fused-ring (bicyclic) bond motifs is 1. The van der Waals surface area contributed by atoms with Gasteiger partial charge in [0.15, 0.2) is 0 Å². The second kappa shape index (κ2) is 8.24. The van der Waals surface area contributed by atoms with Crippen LogP contribution < -0.4 is 5.32 Å². The molecule has 0 spiro atoms. The number of nitrogens with one attached hydrogen (secondary N) is 1. The van der Waals surface area contributed by atoms with Crippen LogP contribution in [0.15, 0.2) is 42.5 Å². The van der Waals surface area contributed by atoms with Gasteiger partial charge in [-0.05, 0) is 56.7 Å². The van der Waals surface area contributed by atoms with Crippen LogP contribution in [0.3, 0.4) is 0 Å². The van der Waals surface area contributed by atoms with E-state index >= 15 is 0 Å². The minimum atomic E-state index is -0.626. The van der Waals surface area contributed by atoms with Crippen molar-refractivity contribution in [3.63, 3.8) is 0 Å². The van der Waals surface area contributed by atoms with Gasteiger partial charge in [0.25, 0.3) is 17.7 Å². The highest BCUT2D eigenvalue weighted by Gasteiger charge is 2.42. The normalized spacial score (nSPS) is 17.1. The summed E-state index contributed by atoms with van der Waals surface area (Å²) in [5, 5.41) is 2.87. The first-order chi connectivity index (χ1) is 14.7. The van der Waals surface area contributed by atoms with E-state index in [2.05, 4.69) is 10.2 Å². The van der Waals surface area contributed by atoms with Crippen molar-refractivity contribution in [2.75, 3.05) is 31.6 Å². The summed E-state index contributed by atoms with van der Waals surface area (Å²) in [5.41, 5.74) is 2.17. The zero-order chi connectivity index (χ0) is 22.2. The number of imide groups is 1. The molecule has 1 fully saturated rings. The molecular weight excluding hydrogens is 394 g/mol. The van der Waals surface area contributed by atoms with Crippen molar-refractivity contribution in [3.05, 3.63) is 64.7 Å². The van der Waals surface area contributed by atoms with Gasteiger partial charge >= 0.3 is 0 Å². The van der Waals surface area contributed by atoms with Crippen molar-refractivity contribution >= 4 is 23.4 Å². The first kappa shape index (κ1) is 21.2. The number of benzene rings is 2. The minimum absolute atomic E-state index is 0.272. The third-order valence-corrected chi connectivity index (χ3v) is 5.54. The second-order valence-corrected chi connectivity index (χ2v) is 8.92. The van der Waals surface area contributed by atoms with Crippen molar-refractivity contribution in [2.24, 2.45) is 0 Å². The summed E-state index contributed by atoms with van der Waals surface area (Å²) in [7, 11) is 0. The molecule has 0 atom stereocenters. The number of carbonyl (C=O) groups excluding carboxylic acids is 3. The van der Waals surface area contributed by atoms with Crippen LogP contribution in [-0.2, 0) is 11.3 Å². The smallest absolute Gasteiger partial charge is 0.262 e. The third-order valence-electron chi connectivity index (χ3n) is 5.54. The average Bonchev–Trinajstić information content (AvgIpc) is 3.00. The Bertz CT molecular complexity index is 1020. The molecule has 2 heterocycles. The number of morpholine rings is 1. The molecule has 7 heteroatoms. The van der Waals surface area contributed by atoms with Crippen molar-refractivity contribution in [2.45, 2.75) is 32.9 Å². The predicted octanol–water partition coefficient (Wildman–Crippen LogP) is 3.17. The number of amides is 3. The third kappa shape index (κ3) is 4.38. The Morgan fingerprint density at radius 1 is 0.968 bits per heavy atom. The summed E-state index contributed by atoms with van der Waals surface area (Å²) in [6.07, 6.45) is 0. The first-order valence-electron chi connectivity index (χ1n) is 10.5. The van der Waals surface area contributed by atoms with Crippen LogP contribution in [-0.4, -0.2) is 59.4 Å². The zero-order valence-electron chi connectivity index (χ0n) is 18.1. The molecule has 0 bridgehead atoms. The van der Waals surface area contributed by atoms with E-state index in [1.807, 2.05) is 45.0 Å². The topological polar surface area (TPSA) is 79.0 Å². The number of anilines is 1. The predicted molar refractivity (Wildman–Crippen MR) is 117 cm³/mol. The Kier molecular flexibility index (Phi) is 5.64. The quantitative estimate of drug-likeness (QED) is 0.768. The molecule has 2 aromatic carbocycles. The number of hydrogen-bond acceptors (Lipinski definition) is 5. The molecule has 31 heavy (non-hydrogen) atoms. The molecule has 7 nitrogen and oxygen atoms in total. The number of rotatable bonds is 4. The average molecular weight is 421 g/mol. The lowest BCUT2D eigenvalue weighted by Crippen LogP contribution is -2.45. The van der Waals surface area contributed by atoms with Crippen LogP contribution in [0.5, 0.6) is 0 Å². The van der Waals surface area contributed by atoms with Gasteiger partial charge in [0, 0.05) is 36.4 Å². The Hall–Kier alpha value is -3.03. The number of carbonyl (C=O) groups is 3. The van der Waals surface area contributed by atoms with Gasteiger partial charge in [0.2, 0.25) is 0 Å². The zero-order valence-corrected chi connectivity index (χ0v) is 18.1. The summed E-state index contributed by atoms with van der Waals surface area (Å²) in [5.74, 6) is -1.01. The fourth-order valence-corrected chi connectivity index (χ4v) is 3.91. The highest BCUT2D eigenvalue weighted by molar-refractivity contribution is 6.22. The van der Waals surface area contributed by atoms with E-state index in [1.54, 1.807) is 12.1 Å². The molecule has 3 amide bonds. The number of ether oxygens (including phenoxy) is 1. The molecule has 0 radical (unpaired) electrons. The van der Waals surface area contributed by atoms with Crippen molar-refractivity contribution in [1.82, 2.24) is 9.80 Å². The molecule has 1 saturated heterocycles. The van der Waals surface area contributed by atoms with Crippen molar-refractivity contribution in [1.29, 1.82) is 0 Å². The monoisotopic (exact) mass is 421 g/mol. The minimum Gasteiger partial charge on any atom is -0.379 e. The number of hydrogen-bond donors (Lipinski definition) is 1. The van der Waals surface area contributed by atoms with Crippen LogP contribution in [0.1, 0.15) is 57.4 Å². The van der Waals surface area contributed by atoms with Crippen LogP contribution in [0.2, 0.25) is 0 Å². The van der Waals surface area contributed by atoms with Gasteiger partial charge in [-0.25, -0.2) is 0 Å². The Morgan fingerprint density at radius 3 is 2.26 bits per heavy atom. The van der Waals surface area contributed by atoms with Gasteiger partial charge in [-0.15, -0.1) is 0 Å².